The van der Waals surface area contributed by atoms with Gasteiger partial charge in [-0.25, -0.2) is 0 Å². The first-order valence-electron chi connectivity index (χ1n) is 7.07. The van der Waals surface area contributed by atoms with Crippen molar-refractivity contribution in [3.8, 4) is 0 Å². The van der Waals surface area contributed by atoms with Gasteiger partial charge in [-0.2, -0.15) is 0 Å². The molecule has 1 nitrogen and oxygen atoms in total. The van der Waals surface area contributed by atoms with Gasteiger partial charge in [-0.3, -0.25) is 0 Å². The molecule has 0 saturated heterocycles. The lowest BCUT2D eigenvalue weighted by molar-refractivity contribution is 0.515. The number of nitrogens with one attached hydrogen (secondary N) is 1. The standard InChI is InChI=1S/C18H23N/c1-4-19-18(12-9-14(2)3)17-11-10-15-7-5-6-8-16(15)13-17/h5-8,10-11,13,18-19H,2,4,9,12H2,1,3H3. The van der Waals surface area contributed by atoms with Crippen molar-refractivity contribution < 1.29 is 0 Å². The van der Waals surface area contributed by atoms with E-state index in [4.69, 9.17) is 0 Å². The van der Waals surface area contributed by atoms with Gasteiger partial charge in [0, 0.05) is 6.04 Å². The maximum atomic E-state index is 4.00. The minimum absolute atomic E-state index is 0.423. The van der Waals surface area contributed by atoms with Gasteiger partial charge in [0.05, 0.1) is 0 Å². The van der Waals surface area contributed by atoms with Crippen LogP contribution >= 0.6 is 0 Å². The zero-order valence-corrected chi connectivity index (χ0v) is 11.9. The third-order valence-electron chi connectivity index (χ3n) is 3.49. The van der Waals surface area contributed by atoms with Gasteiger partial charge in [-0.1, -0.05) is 48.9 Å². The van der Waals surface area contributed by atoms with Gasteiger partial charge in [-0.15, -0.1) is 6.58 Å². The van der Waals surface area contributed by atoms with Crippen molar-refractivity contribution in [2.24, 2.45) is 0 Å². The van der Waals surface area contributed by atoms with Crippen LogP contribution in [0.15, 0.2) is 54.6 Å². The van der Waals surface area contributed by atoms with Crippen molar-refractivity contribution in [3.63, 3.8) is 0 Å². The van der Waals surface area contributed by atoms with Gasteiger partial charge in [0.2, 0.25) is 0 Å². The molecule has 1 heteroatoms. The molecule has 2 aromatic carbocycles. The molecule has 2 rings (SSSR count). The normalized spacial score (nSPS) is 12.5. The van der Waals surface area contributed by atoms with Gasteiger partial charge in [0.25, 0.3) is 0 Å². The largest absolute Gasteiger partial charge is 0.310 e. The molecule has 0 spiro atoms. The maximum absolute atomic E-state index is 4.00. The Bertz CT molecular complexity index is 556. The van der Waals surface area contributed by atoms with Crippen LogP contribution in [0.4, 0.5) is 0 Å². The summed E-state index contributed by atoms with van der Waals surface area (Å²) in [5, 5.41) is 6.20. The molecule has 0 amide bonds. The van der Waals surface area contributed by atoms with Gasteiger partial charge in [0.1, 0.15) is 0 Å². The van der Waals surface area contributed by atoms with Gasteiger partial charge >= 0.3 is 0 Å². The molecule has 2 aromatic rings. The van der Waals surface area contributed by atoms with Crippen molar-refractivity contribution >= 4 is 10.8 Å². The van der Waals surface area contributed by atoms with Crippen LogP contribution in [0, 0.1) is 0 Å². The van der Waals surface area contributed by atoms with Crippen LogP contribution in [0.1, 0.15) is 38.3 Å². The molecule has 1 N–H and O–H groups in total. The van der Waals surface area contributed by atoms with E-state index < -0.39 is 0 Å². The Hall–Kier alpha value is -1.60. The highest BCUT2D eigenvalue weighted by Crippen LogP contribution is 2.24. The Balaban J connectivity index is 2.24. The molecule has 19 heavy (non-hydrogen) atoms. The van der Waals surface area contributed by atoms with Crippen LogP contribution in [0.3, 0.4) is 0 Å². The van der Waals surface area contributed by atoms with E-state index in [1.807, 2.05) is 0 Å². The van der Waals surface area contributed by atoms with E-state index in [-0.39, 0.29) is 0 Å². The first kappa shape index (κ1) is 13.8. The summed E-state index contributed by atoms with van der Waals surface area (Å²) < 4.78 is 0. The third-order valence-corrected chi connectivity index (χ3v) is 3.49. The monoisotopic (exact) mass is 253 g/mol. The second-order valence-corrected chi connectivity index (χ2v) is 5.21. The predicted octanol–water partition coefficient (Wildman–Crippen LogP) is 4.85. The van der Waals surface area contributed by atoms with Crippen molar-refractivity contribution in [3.05, 3.63) is 60.2 Å². The number of fused-ring (bicyclic) bond motifs is 1. The van der Waals surface area contributed by atoms with Crippen LogP contribution < -0.4 is 5.32 Å². The van der Waals surface area contributed by atoms with E-state index in [0.717, 1.165) is 19.4 Å². The summed E-state index contributed by atoms with van der Waals surface area (Å²) in [6.45, 7) is 9.26. The van der Waals surface area contributed by atoms with E-state index in [9.17, 15) is 0 Å². The van der Waals surface area contributed by atoms with Crippen LogP contribution in [-0.2, 0) is 0 Å². The Kier molecular flexibility index (Phi) is 4.75. The molecular weight excluding hydrogens is 230 g/mol. The fraction of sp³-hybridized carbons (Fsp3) is 0.333. The Morgan fingerprint density at radius 2 is 1.89 bits per heavy atom. The van der Waals surface area contributed by atoms with Crippen LogP contribution in [0.2, 0.25) is 0 Å². The zero-order chi connectivity index (χ0) is 13.7. The molecule has 0 aliphatic rings. The molecule has 0 aromatic heterocycles. The van der Waals surface area contributed by atoms with Crippen molar-refractivity contribution in [1.29, 1.82) is 0 Å². The number of hydrogen-bond acceptors (Lipinski definition) is 1. The van der Waals surface area contributed by atoms with E-state index >= 15 is 0 Å². The molecule has 1 atom stereocenters. The van der Waals surface area contributed by atoms with Crippen LogP contribution in [0.5, 0.6) is 0 Å². The molecule has 0 aliphatic carbocycles. The Morgan fingerprint density at radius 1 is 1.16 bits per heavy atom. The fourth-order valence-electron chi connectivity index (χ4n) is 2.45. The molecule has 0 heterocycles. The summed E-state index contributed by atoms with van der Waals surface area (Å²) in [6, 6.07) is 15.7. The van der Waals surface area contributed by atoms with Crippen molar-refractivity contribution in [2.75, 3.05) is 6.54 Å². The second-order valence-electron chi connectivity index (χ2n) is 5.21. The Morgan fingerprint density at radius 3 is 2.58 bits per heavy atom. The van der Waals surface area contributed by atoms with E-state index in [2.05, 4.69) is 68.2 Å². The summed E-state index contributed by atoms with van der Waals surface area (Å²) in [6.07, 6.45) is 2.19. The topological polar surface area (TPSA) is 12.0 Å². The van der Waals surface area contributed by atoms with E-state index in [0.29, 0.717) is 6.04 Å². The molecule has 0 bridgehead atoms. The fourth-order valence-corrected chi connectivity index (χ4v) is 2.45. The number of hydrogen-bond donors (Lipinski definition) is 1. The minimum Gasteiger partial charge on any atom is -0.310 e. The molecule has 0 radical (unpaired) electrons. The molecule has 0 fully saturated rings. The average molecular weight is 253 g/mol. The SMILES string of the molecule is C=C(C)CCC(NCC)c1ccc2ccccc2c1. The molecule has 100 valence electrons. The lowest BCUT2D eigenvalue weighted by atomic mass is 9.97. The summed E-state index contributed by atoms with van der Waals surface area (Å²) >= 11 is 0. The average Bonchev–Trinajstić information content (AvgIpc) is 2.42. The smallest absolute Gasteiger partial charge is 0.0323 e. The number of benzene rings is 2. The first-order valence-corrected chi connectivity index (χ1v) is 7.07. The minimum atomic E-state index is 0.423. The quantitative estimate of drug-likeness (QED) is 0.726. The second kappa shape index (κ2) is 6.53. The summed E-state index contributed by atoms with van der Waals surface area (Å²) in [5.74, 6) is 0. The lowest BCUT2D eigenvalue weighted by Crippen LogP contribution is -2.20. The highest BCUT2D eigenvalue weighted by atomic mass is 14.9. The highest BCUT2D eigenvalue weighted by molar-refractivity contribution is 5.83. The highest BCUT2D eigenvalue weighted by Gasteiger charge is 2.10. The van der Waals surface area contributed by atoms with Crippen molar-refractivity contribution in [2.45, 2.75) is 32.7 Å². The number of allylic oxidation sites excluding steroid dienone is 1. The van der Waals surface area contributed by atoms with Crippen molar-refractivity contribution in [1.82, 2.24) is 5.32 Å². The van der Waals surface area contributed by atoms with E-state index in [1.54, 1.807) is 0 Å². The van der Waals surface area contributed by atoms with Gasteiger partial charge < -0.3 is 5.32 Å². The molecule has 1 unspecified atom stereocenters. The molecule has 0 saturated carbocycles. The van der Waals surface area contributed by atoms with Crippen LogP contribution in [0.25, 0.3) is 10.8 Å². The lowest BCUT2D eigenvalue weighted by Gasteiger charge is -2.19. The number of rotatable bonds is 6. The Labute approximate surface area is 116 Å². The van der Waals surface area contributed by atoms with Gasteiger partial charge in [0.15, 0.2) is 0 Å². The van der Waals surface area contributed by atoms with Gasteiger partial charge in [-0.05, 0) is 48.7 Å². The molecular formula is C18H23N. The molecule has 0 aliphatic heterocycles. The summed E-state index contributed by atoms with van der Waals surface area (Å²) in [5.41, 5.74) is 2.63. The third kappa shape index (κ3) is 3.68. The first-order chi connectivity index (χ1) is 9.20. The predicted molar refractivity (Wildman–Crippen MR) is 84.4 cm³/mol. The van der Waals surface area contributed by atoms with E-state index in [1.165, 1.54) is 21.9 Å². The summed E-state index contributed by atoms with van der Waals surface area (Å²) in [4.78, 5) is 0. The summed E-state index contributed by atoms with van der Waals surface area (Å²) in [7, 11) is 0. The maximum Gasteiger partial charge on any atom is 0.0323 e. The van der Waals surface area contributed by atoms with Crippen LogP contribution in [-0.4, -0.2) is 6.54 Å². The zero-order valence-electron chi connectivity index (χ0n) is 11.9.